The lowest BCUT2D eigenvalue weighted by Crippen LogP contribution is -2.31. The Balaban J connectivity index is 3.76. The maximum Gasteiger partial charge on any atom is 0.484 e. The lowest BCUT2D eigenvalue weighted by atomic mass is 10.1. The second kappa shape index (κ2) is 8.41. The van der Waals surface area contributed by atoms with E-state index < -0.39 is 9.53 Å². The van der Waals surface area contributed by atoms with E-state index in [1.165, 1.54) is 0 Å². The first kappa shape index (κ1) is 14.1. The Hall–Kier alpha value is 0.0969. The molecule has 0 saturated carbocycles. The van der Waals surface area contributed by atoms with Crippen molar-refractivity contribution in [3.8, 4) is 0 Å². The molecule has 14 heavy (non-hydrogen) atoms. The zero-order chi connectivity index (χ0) is 11.0. The van der Waals surface area contributed by atoms with Crippen LogP contribution in [0.15, 0.2) is 0 Å². The highest BCUT2D eigenvalue weighted by molar-refractivity contribution is 6.36. The molecule has 0 aliphatic carbocycles. The van der Waals surface area contributed by atoms with E-state index in [-0.39, 0.29) is 6.10 Å². The van der Waals surface area contributed by atoms with Gasteiger partial charge in [0, 0.05) is 19.3 Å². The average Bonchev–Trinajstić information content (AvgIpc) is 2.03. The second-order valence-corrected chi connectivity index (χ2v) is 5.29. The molecule has 0 radical (unpaired) electrons. The molecule has 0 fully saturated rings. The van der Waals surface area contributed by atoms with E-state index in [9.17, 15) is 0 Å². The van der Waals surface area contributed by atoms with Gasteiger partial charge in [0.05, 0.1) is 0 Å². The molecule has 1 unspecified atom stereocenters. The van der Waals surface area contributed by atoms with Gasteiger partial charge in [-0.05, 0) is 33.1 Å². The molecule has 4 heteroatoms. The molecule has 0 rings (SSSR count). The molecule has 0 spiro atoms. The van der Waals surface area contributed by atoms with Gasteiger partial charge in [0.25, 0.3) is 0 Å². The maximum absolute atomic E-state index is 5.74. The fraction of sp³-hybridized carbons (Fsp3) is 1.00. The van der Waals surface area contributed by atoms with Gasteiger partial charge in [-0.25, -0.2) is 0 Å². The van der Waals surface area contributed by atoms with Crippen molar-refractivity contribution in [1.29, 1.82) is 0 Å². The molecule has 86 valence electrons. The molecule has 0 aromatic rings. The van der Waals surface area contributed by atoms with Crippen LogP contribution in [-0.2, 0) is 13.3 Å². The normalized spacial score (nSPS) is 13.9. The standard InChI is InChI=1S/C10H24O3Si/c1-6-11-14(12-7-2)13-10(5)8-9(3)4/h9-10,14H,6-8H2,1-5H3. The van der Waals surface area contributed by atoms with Crippen LogP contribution in [0.5, 0.6) is 0 Å². The summed E-state index contributed by atoms with van der Waals surface area (Å²) in [4.78, 5) is 0. The minimum Gasteiger partial charge on any atom is -0.376 e. The Bertz CT molecular complexity index is 125. The Morgan fingerprint density at radius 3 is 1.86 bits per heavy atom. The van der Waals surface area contributed by atoms with E-state index in [2.05, 4.69) is 20.8 Å². The lowest BCUT2D eigenvalue weighted by Gasteiger charge is -2.21. The molecule has 0 aliphatic rings. The van der Waals surface area contributed by atoms with Gasteiger partial charge < -0.3 is 13.3 Å². The van der Waals surface area contributed by atoms with Crippen LogP contribution in [0.25, 0.3) is 0 Å². The van der Waals surface area contributed by atoms with Crippen molar-refractivity contribution in [1.82, 2.24) is 0 Å². The summed E-state index contributed by atoms with van der Waals surface area (Å²) in [6, 6.07) is 0. The quantitative estimate of drug-likeness (QED) is 0.587. The lowest BCUT2D eigenvalue weighted by molar-refractivity contribution is 0.0621. The van der Waals surface area contributed by atoms with E-state index in [1.54, 1.807) is 0 Å². The van der Waals surface area contributed by atoms with Gasteiger partial charge >= 0.3 is 9.53 Å². The van der Waals surface area contributed by atoms with Crippen molar-refractivity contribution >= 4 is 9.53 Å². The summed E-state index contributed by atoms with van der Waals surface area (Å²) in [7, 11) is -1.85. The van der Waals surface area contributed by atoms with E-state index in [1.807, 2.05) is 13.8 Å². The van der Waals surface area contributed by atoms with Crippen LogP contribution in [0.2, 0.25) is 0 Å². The van der Waals surface area contributed by atoms with Crippen molar-refractivity contribution in [2.45, 2.75) is 47.1 Å². The van der Waals surface area contributed by atoms with Gasteiger partial charge in [-0.2, -0.15) is 0 Å². The average molecular weight is 220 g/mol. The van der Waals surface area contributed by atoms with Gasteiger partial charge in [0.1, 0.15) is 0 Å². The SMILES string of the molecule is CCO[SiH](OCC)OC(C)CC(C)C. The molecular weight excluding hydrogens is 196 g/mol. The van der Waals surface area contributed by atoms with Crippen molar-refractivity contribution < 1.29 is 13.3 Å². The summed E-state index contributed by atoms with van der Waals surface area (Å²) in [5, 5.41) is 0. The van der Waals surface area contributed by atoms with E-state index in [0.717, 1.165) is 6.42 Å². The first-order chi connectivity index (χ1) is 6.60. The number of hydrogen-bond donors (Lipinski definition) is 0. The fourth-order valence-corrected chi connectivity index (χ4v) is 2.60. The summed E-state index contributed by atoms with van der Waals surface area (Å²) in [5.41, 5.74) is 0. The number of hydrogen-bond acceptors (Lipinski definition) is 3. The van der Waals surface area contributed by atoms with Gasteiger partial charge in [0.15, 0.2) is 0 Å². The van der Waals surface area contributed by atoms with Gasteiger partial charge in [-0.3, -0.25) is 0 Å². The summed E-state index contributed by atoms with van der Waals surface area (Å²) >= 11 is 0. The van der Waals surface area contributed by atoms with Crippen LogP contribution in [0.1, 0.15) is 41.0 Å². The van der Waals surface area contributed by atoms with E-state index in [4.69, 9.17) is 13.3 Å². The summed E-state index contributed by atoms with van der Waals surface area (Å²) in [6.45, 7) is 11.7. The molecule has 3 nitrogen and oxygen atoms in total. The smallest absolute Gasteiger partial charge is 0.376 e. The van der Waals surface area contributed by atoms with E-state index in [0.29, 0.717) is 19.1 Å². The highest BCUT2D eigenvalue weighted by atomic mass is 28.3. The van der Waals surface area contributed by atoms with Gasteiger partial charge in [-0.15, -0.1) is 0 Å². The summed E-state index contributed by atoms with van der Waals surface area (Å²) in [5.74, 6) is 0.655. The van der Waals surface area contributed by atoms with Gasteiger partial charge in [0.2, 0.25) is 0 Å². The molecule has 0 bridgehead atoms. The first-order valence-electron chi connectivity index (χ1n) is 5.48. The third-order valence-corrected chi connectivity index (χ3v) is 3.65. The molecule has 0 amide bonds. The van der Waals surface area contributed by atoms with Crippen LogP contribution >= 0.6 is 0 Å². The van der Waals surface area contributed by atoms with Crippen LogP contribution < -0.4 is 0 Å². The molecular formula is C10H24O3Si. The third kappa shape index (κ3) is 7.50. The van der Waals surface area contributed by atoms with Gasteiger partial charge in [-0.1, -0.05) is 13.8 Å². The largest absolute Gasteiger partial charge is 0.484 e. The van der Waals surface area contributed by atoms with Crippen molar-refractivity contribution in [2.75, 3.05) is 13.2 Å². The van der Waals surface area contributed by atoms with Crippen LogP contribution in [-0.4, -0.2) is 28.8 Å². The van der Waals surface area contributed by atoms with Crippen molar-refractivity contribution in [3.05, 3.63) is 0 Å². The Labute approximate surface area is 89.7 Å². The van der Waals surface area contributed by atoms with Crippen LogP contribution in [0, 0.1) is 5.92 Å². The third-order valence-electron chi connectivity index (χ3n) is 1.75. The molecule has 0 aliphatic heterocycles. The van der Waals surface area contributed by atoms with Crippen molar-refractivity contribution in [2.24, 2.45) is 5.92 Å². The predicted octanol–water partition coefficient (Wildman–Crippen LogP) is 2.23. The molecule has 1 atom stereocenters. The molecule has 0 aromatic heterocycles. The minimum atomic E-state index is -1.85. The van der Waals surface area contributed by atoms with Crippen molar-refractivity contribution in [3.63, 3.8) is 0 Å². The molecule has 0 heterocycles. The van der Waals surface area contributed by atoms with E-state index >= 15 is 0 Å². The minimum absolute atomic E-state index is 0.241. The molecule has 0 N–H and O–H groups in total. The zero-order valence-electron chi connectivity index (χ0n) is 10.1. The Morgan fingerprint density at radius 1 is 1.00 bits per heavy atom. The van der Waals surface area contributed by atoms with Crippen LogP contribution in [0.4, 0.5) is 0 Å². The second-order valence-electron chi connectivity index (χ2n) is 3.78. The fourth-order valence-electron chi connectivity index (χ4n) is 1.31. The topological polar surface area (TPSA) is 27.7 Å². The highest BCUT2D eigenvalue weighted by Crippen LogP contribution is 2.09. The Morgan fingerprint density at radius 2 is 1.50 bits per heavy atom. The maximum atomic E-state index is 5.74. The molecule has 0 saturated heterocycles. The highest BCUT2D eigenvalue weighted by Gasteiger charge is 2.18. The molecule has 0 aromatic carbocycles. The summed E-state index contributed by atoms with van der Waals surface area (Å²) < 4.78 is 16.6. The summed E-state index contributed by atoms with van der Waals surface area (Å²) in [6.07, 6.45) is 1.30. The monoisotopic (exact) mass is 220 g/mol. The first-order valence-corrected chi connectivity index (χ1v) is 6.90. The van der Waals surface area contributed by atoms with Crippen LogP contribution in [0.3, 0.4) is 0 Å². The number of rotatable bonds is 8. The predicted molar refractivity (Wildman–Crippen MR) is 60.4 cm³/mol. The Kier molecular flexibility index (Phi) is 8.47. The zero-order valence-corrected chi connectivity index (χ0v) is 11.2.